The quantitative estimate of drug-likeness (QED) is 0.0332. The van der Waals surface area contributed by atoms with E-state index in [0.29, 0.717) is 5.56 Å². The number of primary amides is 1. The van der Waals surface area contributed by atoms with Crippen molar-refractivity contribution < 1.29 is 78.3 Å². The lowest BCUT2D eigenvalue weighted by Crippen LogP contribution is -2.61. The molecular formula is C38H58N10O16S. The lowest BCUT2D eigenvalue weighted by Gasteiger charge is -2.26. The van der Waals surface area contributed by atoms with Gasteiger partial charge in [-0.3, -0.25) is 47.9 Å². The van der Waals surface area contributed by atoms with Crippen LogP contribution in [0.1, 0.15) is 52.0 Å². The minimum absolute atomic E-state index is 0.0330. The van der Waals surface area contributed by atoms with Crippen molar-refractivity contribution in [2.75, 3.05) is 25.4 Å². The van der Waals surface area contributed by atoms with Crippen LogP contribution in [0.3, 0.4) is 0 Å². The number of rotatable bonds is 29. The average Bonchev–Trinajstić information content (AvgIpc) is 3.22. The number of hydrogen-bond donors (Lipinski definition) is 16. The molecule has 1 rings (SSSR count). The van der Waals surface area contributed by atoms with Crippen LogP contribution in [0.25, 0.3) is 0 Å². The lowest BCUT2D eigenvalue weighted by molar-refractivity contribution is -0.142. The number of aliphatic hydroxyl groups excluding tert-OH is 2. The Morgan fingerprint density at radius 1 is 0.662 bits per heavy atom. The number of amides is 9. The minimum Gasteiger partial charge on any atom is -0.508 e. The number of nitrogens with one attached hydrogen (secondary N) is 8. The number of thiol groups is 1. The van der Waals surface area contributed by atoms with Crippen molar-refractivity contribution in [3.8, 4) is 5.75 Å². The molecule has 0 spiro atoms. The molecule has 9 amide bonds. The monoisotopic (exact) mass is 942 g/mol. The highest BCUT2D eigenvalue weighted by atomic mass is 32.1. The van der Waals surface area contributed by atoms with Gasteiger partial charge >= 0.3 is 11.9 Å². The Kier molecular flexibility index (Phi) is 24.5. The molecule has 0 radical (unpaired) electrons. The molecule has 0 saturated heterocycles. The molecule has 0 aliphatic heterocycles. The van der Waals surface area contributed by atoms with Crippen molar-refractivity contribution in [2.45, 2.75) is 101 Å². The molecule has 362 valence electrons. The van der Waals surface area contributed by atoms with E-state index in [1.165, 1.54) is 31.2 Å². The summed E-state index contributed by atoms with van der Waals surface area (Å²) in [4.78, 5) is 138. The topological polar surface area (TPSA) is 437 Å². The predicted octanol–water partition coefficient (Wildman–Crippen LogP) is -6.42. The summed E-state index contributed by atoms with van der Waals surface area (Å²) < 4.78 is 0. The van der Waals surface area contributed by atoms with Crippen molar-refractivity contribution in [1.29, 1.82) is 0 Å². The van der Waals surface area contributed by atoms with Crippen LogP contribution in [0.2, 0.25) is 0 Å². The minimum atomic E-state index is -1.92. The molecule has 26 nitrogen and oxygen atoms in total. The van der Waals surface area contributed by atoms with Crippen LogP contribution in [-0.2, 0) is 59.2 Å². The van der Waals surface area contributed by atoms with E-state index in [-0.39, 0.29) is 43.1 Å². The largest absolute Gasteiger partial charge is 0.508 e. The first-order valence-corrected chi connectivity index (χ1v) is 20.5. The molecule has 0 aromatic heterocycles. The Balaban J connectivity index is 3.08. The van der Waals surface area contributed by atoms with Gasteiger partial charge in [-0.25, -0.2) is 4.79 Å². The molecule has 17 N–H and O–H groups in total. The van der Waals surface area contributed by atoms with Crippen molar-refractivity contribution in [3.63, 3.8) is 0 Å². The number of benzene rings is 1. The number of phenols is 1. The van der Waals surface area contributed by atoms with E-state index in [9.17, 15) is 78.3 Å². The fourth-order valence-electron chi connectivity index (χ4n) is 5.55. The highest BCUT2D eigenvalue weighted by molar-refractivity contribution is 7.80. The lowest BCUT2D eigenvalue weighted by atomic mass is 10.0. The summed E-state index contributed by atoms with van der Waals surface area (Å²) >= 11 is 4.12. The summed E-state index contributed by atoms with van der Waals surface area (Å²) in [6, 6.07) is -5.41. The van der Waals surface area contributed by atoms with Crippen molar-refractivity contribution in [1.82, 2.24) is 42.5 Å². The highest BCUT2D eigenvalue weighted by Gasteiger charge is 2.33. The smallest absolute Gasteiger partial charge is 0.326 e. The van der Waals surface area contributed by atoms with Crippen LogP contribution < -0.4 is 54.0 Å². The summed E-state index contributed by atoms with van der Waals surface area (Å²) in [6.45, 7) is 1.97. The zero-order valence-electron chi connectivity index (χ0n) is 35.7. The van der Waals surface area contributed by atoms with Crippen LogP contribution in [0.15, 0.2) is 24.3 Å². The number of nitrogens with two attached hydrogens (primary N) is 2. The Hall–Kier alpha value is -6.58. The Morgan fingerprint density at radius 2 is 1.17 bits per heavy atom. The first-order valence-electron chi connectivity index (χ1n) is 19.9. The van der Waals surface area contributed by atoms with Crippen LogP contribution in [0, 0.1) is 5.92 Å². The first-order chi connectivity index (χ1) is 30.4. The standard InChI is InChI=1S/C38H58N10O16S/c1-17(2)10-21(39)32(57)48-31(18(3)50)37(62)47-26(16-65)36(61)45-23(11-19-4-6-20(51)7-5-19)33(58)41-14-29(54)44-24(12-30(55)56)35(60)46-25(15-49)34(59)42-13-28(53)43-22(38(63)64)8-9-27(40)52/h4-7,17-18,21-26,31,49-51,65H,8-16,39H2,1-3H3,(H2,40,52)(H,41,58)(H,42,59)(H,43,53)(H,44,54)(H,45,61)(H,46,60)(H,47,62)(H,48,57)(H,55,56)(H,63,64). The number of hydrogen-bond acceptors (Lipinski definition) is 16. The summed E-state index contributed by atoms with van der Waals surface area (Å²) in [7, 11) is 0. The van der Waals surface area contributed by atoms with Gasteiger partial charge in [0, 0.05) is 18.6 Å². The number of carboxylic acids is 2. The number of aliphatic hydroxyl groups is 2. The van der Waals surface area contributed by atoms with Gasteiger partial charge in [0.2, 0.25) is 53.2 Å². The third kappa shape index (κ3) is 21.6. The second-order valence-corrected chi connectivity index (χ2v) is 15.4. The zero-order chi connectivity index (χ0) is 49.6. The molecule has 27 heteroatoms. The fraction of sp³-hybridized carbons (Fsp3) is 0.553. The van der Waals surface area contributed by atoms with Gasteiger partial charge in [-0.1, -0.05) is 26.0 Å². The first kappa shape index (κ1) is 56.4. The maximum Gasteiger partial charge on any atom is 0.326 e. The molecule has 0 aliphatic rings. The molecule has 0 heterocycles. The van der Waals surface area contributed by atoms with Crippen LogP contribution >= 0.6 is 12.6 Å². The highest BCUT2D eigenvalue weighted by Crippen LogP contribution is 2.12. The zero-order valence-corrected chi connectivity index (χ0v) is 36.6. The average molecular weight is 943 g/mol. The van der Waals surface area contributed by atoms with Gasteiger partial charge in [-0.05, 0) is 43.4 Å². The molecule has 1 aromatic carbocycles. The predicted molar refractivity (Wildman–Crippen MR) is 228 cm³/mol. The fourth-order valence-corrected chi connectivity index (χ4v) is 5.81. The molecule has 65 heavy (non-hydrogen) atoms. The Labute approximate surface area is 377 Å². The molecule has 1 aromatic rings. The van der Waals surface area contributed by atoms with Crippen molar-refractivity contribution in [2.24, 2.45) is 17.4 Å². The van der Waals surface area contributed by atoms with Gasteiger partial charge in [0.1, 0.15) is 42.0 Å². The summed E-state index contributed by atoms with van der Waals surface area (Å²) in [5.41, 5.74) is 11.3. The van der Waals surface area contributed by atoms with E-state index < -0.39 is 140 Å². The Morgan fingerprint density at radius 3 is 1.65 bits per heavy atom. The molecule has 8 atom stereocenters. The maximum absolute atomic E-state index is 13.5. The maximum atomic E-state index is 13.5. The second-order valence-electron chi connectivity index (χ2n) is 15.0. The third-order valence-electron chi connectivity index (χ3n) is 8.95. The van der Waals surface area contributed by atoms with E-state index >= 15 is 0 Å². The van der Waals surface area contributed by atoms with E-state index in [2.05, 4.69) is 39.2 Å². The summed E-state index contributed by atoms with van der Waals surface area (Å²) in [6.07, 6.45) is -3.25. The van der Waals surface area contributed by atoms with E-state index in [1.54, 1.807) is 0 Å². The van der Waals surface area contributed by atoms with Gasteiger partial charge in [-0.15, -0.1) is 0 Å². The van der Waals surface area contributed by atoms with Gasteiger partial charge in [0.25, 0.3) is 0 Å². The van der Waals surface area contributed by atoms with Crippen molar-refractivity contribution >= 4 is 77.7 Å². The van der Waals surface area contributed by atoms with Gasteiger partial charge in [0.15, 0.2) is 0 Å². The summed E-state index contributed by atoms with van der Waals surface area (Å²) in [5.74, 6) is -12.8. The molecular weight excluding hydrogens is 885 g/mol. The molecule has 0 aliphatic carbocycles. The number of phenolic OH excluding ortho intramolecular Hbond substituents is 1. The van der Waals surface area contributed by atoms with Crippen LogP contribution in [0.5, 0.6) is 5.75 Å². The van der Waals surface area contributed by atoms with Crippen LogP contribution in [0.4, 0.5) is 0 Å². The molecule has 0 bridgehead atoms. The second kappa shape index (κ2) is 28.3. The van der Waals surface area contributed by atoms with Gasteiger partial charge in [0.05, 0.1) is 38.3 Å². The van der Waals surface area contributed by atoms with Gasteiger partial charge in [-0.2, -0.15) is 12.6 Å². The third-order valence-corrected chi connectivity index (χ3v) is 9.32. The van der Waals surface area contributed by atoms with E-state index in [4.69, 9.17) is 11.5 Å². The van der Waals surface area contributed by atoms with Crippen LogP contribution in [-0.4, -0.2) is 164 Å². The molecule has 0 fully saturated rings. The number of carboxylic acid groups (broad SMARTS) is 2. The number of aliphatic carboxylic acids is 2. The summed E-state index contributed by atoms with van der Waals surface area (Å²) in [5, 5.41) is 65.9. The number of carbonyl (C=O) groups is 11. The number of carbonyl (C=O) groups excluding carboxylic acids is 9. The number of aromatic hydroxyl groups is 1. The molecule has 8 unspecified atom stereocenters. The van der Waals surface area contributed by atoms with Crippen molar-refractivity contribution in [3.05, 3.63) is 29.8 Å². The Bertz CT molecular complexity index is 1870. The SMILES string of the molecule is CC(C)CC(N)C(=O)NC(C(=O)NC(CS)C(=O)NC(Cc1ccc(O)cc1)C(=O)NCC(=O)NC(CC(=O)O)C(=O)NC(CO)C(=O)NCC(=O)NC(CCC(N)=O)C(=O)O)C(C)O. The van der Waals surface area contributed by atoms with E-state index in [0.717, 1.165) is 0 Å². The molecule has 0 saturated carbocycles. The normalized spacial score (nSPS) is 14.6. The van der Waals surface area contributed by atoms with E-state index in [1.807, 2.05) is 29.8 Å². The van der Waals surface area contributed by atoms with Gasteiger partial charge < -0.3 is 79.5 Å².